The Morgan fingerprint density at radius 1 is 1.80 bits per heavy atom. The minimum Gasteiger partial charge on any atom is -0.415 e. The molecule has 0 N–H and O–H groups in total. The van der Waals surface area contributed by atoms with Crippen LogP contribution in [0.1, 0.15) is 6.92 Å². The third-order valence-electron chi connectivity index (χ3n) is 0.923. The summed E-state index contributed by atoms with van der Waals surface area (Å²) in [4.78, 5) is 10.2. The summed E-state index contributed by atoms with van der Waals surface area (Å²) in [5.74, 6) is -1.64. The van der Waals surface area contributed by atoms with Crippen molar-refractivity contribution < 1.29 is 18.5 Å². The summed E-state index contributed by atoms with van der Waals surface area (Å²) in [7, 11) is -1.56. The Morgan fingerprint density at radius 3 is 2.60 bits per heavy atom. The van der Waals surface area contributed by atoms with Crippen molar-refractivity contribution in [2.75, 3.05) is 13.3 Å². The van der Waals surface area contributed by atoms with Crippen LogP contribution in [0.25, 0.3) is 0 Å². The molecule has 58 valence electrons. The van der Waals surface area contributed by atoms with Crippen molar-refractivity contribution in [1.82, 2.24) is 0 Å². The first kappa shape index (κ1) is 9.50. The fourth-order valence-corrected chi connectivity index (χ4v) is 0.562. The smallest absolute Gasteiger partial charge is 0.379 e. The van der Waals surface area contributed by atoms with Crippen LogP contribution in [0.15, 0.2) is 0 Å². The molecule has 0 bridgehead atoms. The van der Waals surface area contributed by atoms with Gasteiger partial charge in [0.05, 0.1) is 0 Å². The number of rotatable bonds is 3. The lowest BCUT2D eigenvalue weighted by Gasteiger charge is -1.98. The molecule has 0 aromatic rings. The van der Waals surface area contributed by atoms with Crippen LogP contribution in [0.4, 0.5) is 4.39 Å². The molecule has 2 atom stereocenters. The minimum atomic E-state index is -1.56. The van der Waals surface area contributed by atoms with Crippen LogP contribution in [0.5, 0.6) is 0 Å². The van der Waals surface area contributed by atoms with Gasteiger partial charge in [-0.1, -0.05) is 4.57 Å². The number of carbonyl (C=O) groups excluding carboxylic acids is 1. The highest BCUT2D eigenvalue weighted by Crippen LogP contribution is 2.22. The number of halogens is 1. The first-order valence-corrected chi connectivity index (χ1v) is 4.51. The molecule has 0 fully saturated rings. The Kier molecular flexibility index (Phi) is 4.12. The lowest BCUT2D eigenvalue weighted by molar-refractivity contribution is -0.145. The van der Waals surface area contributed by atoms with Crippen molar-refractivity contribution in [3.05, 3.63) is 0 Å². The van der Waals surface area contributed by atoms with Crippen LogP contribution in [0.2, 0.25) is 0 Å². The van der Waals surface area contributed by atoms with Gasteiger partial charge in [0.25, 0.3) is 5.85 Å². The fourth-order valence-electron chi connectivity index (χ4n) is 0.296. The summed E-state index contributed by atoms with van der Waals surface area (Å²) in [6.45, 7) is 1.73. The Bertz CT molecular complexity index is 148. The second-order valence-electron chi connectivity index (χ2n) is 1.77. The minimum absolute atomic E-state index is 0.682. The van der Waals surface area contributed by atoms with E-state index in [-0.39, 0.29) is 0 Å². The molecule has 0 rings (SSSR count). The zero-order valence-corrected chi connectivity index (χ0v) is 6.73. The molecule has 0 aliphatic heterocycles. The molecule has 5 heteroatoms. The second-order valence-corrected chi connectivity index (χ2v) is 3.59. The van der Waals surface area contributed by atoms with E-state index in [0.717, 1.165) is 0 Å². The molecule has 0 aromatic carbocycles. The fraction of sp³-hybridized carbons (Fsp3) is 0.800. The largest absolute Gasteiger partial charge is 0.415 e. The van der Waals surface area contributed by atoms with E-state index < -0.39 is 26.3 Å². The van der Waals surface area contributed by atoms with Gasteiger partial charge in [0.15, 0.2) is 6.67 Å². The molecule has 0 heterocycles. The lowest BCUT2D eigenvalue weighted by atomic mass is 10.7. The van der Waals surface area contributed by atoms with E-state index in [1.165, 1.54) is 13.6 Å². The van der Waals surface area contributed by atoms with Gasteiger partial charge in [-0.05, 0) is 0 Å². The number of alkyl halides is 1. The van der Waals surface area contributed by atoms with Crippen LogP contribution in [-0.2, 0) is 14.1 Å². The van der Waals surface area contributed by atoms with Gasteiger partial charge in [-0.25, -0.2) is 9.18 Å². The van der Waals surface area contributed by atoms with Crippen LogP contribution < -0.4 is 0 Å². The van der Waals surface area contributed by atoms with E-state index in [1.54, 1.807) is 0 Å². The SMILES string of the molecule is CC(OC(=O)CF)[P+](C)=O. The summed E-state index contributed by atoms with van der Waals surface area (Å²) in [6.07, 6.45) is 0. The maximum Gasteiger partial charge on any atom is 0.379 e. The third kappa shape index (κ3) is 3.51. The van der Waals surface area contributed by atoms with E-state index in [0.29, 0.717) is 0 Å². The Labute approximate surface area is 59.3 Å². The van der Waals surface area contributed by atoms with E-state index >= 15 is 0 Å². The van der Waals surface area contributed by atoms with Gasteiger partial charge in [-0.15, -0.1) is 0 Å². The molecule has 0 aliphatic carbocycles. The highest BCUT2D eigenvalue weighted by Gasteiger charge is 2.22. The molecule has 0 amide bonds. The predicted molar refractivity (Wildman–Crippen MR) is 35.1 cm³/mol. The zero-order valence-electron chi connectivity index (χ0n) is 5.83. The molecule has 0 aromatic heterocycles. The van der Waals surface area contributed by atoms with E-state index in [9.17, 15) is 13.8 Å². The zero-order chi connectivity index (χ0) is 8.15. The lowest BCUT2D eigenvalue weighted by Crippen LogP contribution is -2.12. The summed E-state index contributed by atoms with van der Waals surface area (Å²) in [5, 5.41) is 0. The number of hydrogen-bond acceptors (Lipinski definition) is 3. The van der Waals surface area contributed by atoms with Crippen molar-refractivity contribution in [3.8, 4) is 0 Å². The maximum absolute atomic E-state index is 11.4. The molecule has 0 saturated carbocycles. The summed E-state index contributed by atoms with van der Waals surface area (Å²) >= 11 is 0. The van der Waals surface area contributed by atoms with Gasteiger partial charge in [-0.3, -0.25) is 0 Å². The second kappa shape index (κ2) is 4.34. The molecule has 10 heavy (non-hydrogen) atoms. The number of hydrogen-bond donors (Lipinski definition) is 0. The van der Waals surface area contributed by atoms with E-state index in [1.807, 2.05) is 0 Å². The van der Waals surface area contributed by atoms with Gasteiger partial charge in [0.1, 0.15) is 6.66 Å². The van der Waals surface area contributed by atoms with Gasteiger partial charge in [0, 0.05) is 6.92 Å². The van der Waals surface area contributed by atoms with Crippen molar-refractivity contribution >= 4 is 13.8 Å². The van der Waals surface area contributed by atoms with Crippen molar-refractivity contribution in [2.24, 2.45) is 0 Å². The Morgan fingerprint density at radius 2 is 2.30 bits per heavy atom. The van der Waals surface area contributed by atoms with Crippen LogP contribution >= 0.6 is 7.80 Å². The van der Waals surface area contributed by atoms with Crippen LogP contribution in [-0.4, -0.2) is 25.2 Å². The van der Waals surface area contributed by atoms with Gasteiger partial charge in [-0.2, -0.15) is 0 Å². The molecule has 0 aliphatic rings. The van der Waals surface area contributed by atoms with E-state index in [4.69, 9.17) is 0 Å². The van der Waals surface area contributed by atoms with Crippen LogP contribution in [0.3, 0.4) is 0 Å². The number of carbonyl (C=O) groups is 1. The molecule has 3 nitrogen and oxygen atoms in total. The normalized spacial score (nSPS) is 14.1. The average molecular weight is 167 g/mol. The summed E-state index contributed by atoms with van der Waals surface area (Å²) in [6, 6.07) is 0. The van der Waals surface area contributed by atoms with Crippen molar-refractivity contribution in [2.45, 2.75) is 12.8 Å². The van der Waals surface area contributed by atoms with Crippen LogP contribution in [0, 0.1) is 0 Å². The molecule has 0 saturated heterocycles. The standard InChI is InChI=1S/C5H9FO3P/c1-4(10(2)8)9-5(7)3-6/h4H,3H2,1-2H3/q+1. The van der Waals surface area contributed by atoms with Gasteiger partial charge in [0.2, 0.25) is 0 Å². The monoisotopic (exact) mass is 167 g/mol. The van der Waals surface area contributed by atoms with Crippen molar-refractivity contribution in [1.29, 1.82) is 0 Å². The quantitative estimate of drug-likeness (QED) is 0.470. The highest BCUT2D eigenvalue weighted by molar-refractivity contribution is 7.44. The van der Waals surface area contributed by atoms with Crippen molar-refractivity contribution in [3.63, 3.8) is 0 Å². The number of esters is 1. The van der Waals surface area contributed by atoms with Gasteiger partial charge >= 0.3 is 13.8 Å². The average Bonchev–Trinajstić information content (AvgIpc) is 1.87. The first-order valence-electron chi connectivity index (χ1n) is 2.73. The number of ether oxygens (including phenoxy) is 1. The van der Waals surface area contributed by atoms with E-state index in [2.05, 4.69) is 4.74 Å². The Hall–Kier alpha value is -0.500. The maximum atomic E-state index is 11.4. The topological polar surface area (TPSA) is 43.4 Å². The first-order chi connectivity index (χ1) is 4.57. The molecule has 0 radical (unpaired) electrons. The third-order valence-corrected chi connectivity index (χ3v) is 2.05. The predicted octanol–water partition coefficient (Wildman–Crippen LogP) is 1.30. The molecule has 2 unspecified atom stereocenters. The molecular weight excluding hydrogens is 158 g/mol. The summed E-state index contributed by atoms with van der Waals surface area (Å²) < 4.78 is 26.3. The van der Waals surface area contributed by atoms with Gasteiger partial charge < -0.3 is 4.74 Å². The Balaban J connectivity index is 3.68. The highest BCUT2D eigenvalue weighted by atomic mass is 31.1. The molecule has 0 spiro atoms. The summed E-state index contributed by atoms with van der Waals surface area (Å²) in [5.41, 5.74) is 0. The molecular formula is C5H9FO3P+.